The summed E-state index contributed by atoms with van der Waals surface area (Å²) in [5, 5.41) is 0.477. The smallest absolute Gasteiger partial charge is 0.302 e. The Labute approximate surface area is 185 Å². The molecule has 0 radical (unpaired) electrons. The van der Waals surface area contributed by atoms with E-state index in [0.717, 1.165) is 31.2 Å². The van der Waals surface area contributed by atoms with E-state index in [1.54, 1.807) is 18.5 Å². The quantitative estimate of drug-likeness (QED) is 0.445. The molecule has 32 heavy (non-hydrogen) atoms. The number of nitrogens with zero attached hydrogens (tertiary/aromatic N) is 2. The van der Waals surface area contributed by atoms with Gasteiger partial charge < -0.3 is 4.74 Å². The number of fused-ring (bicyclic) bond motifs is 2. The molecule has 0 amide bonds. The Balaban J connectivity index is 1.28. The SMILES string of the molecule is O=C(CCC1CCc2ccc(Oc3nc4cnccc4c(=O)[nH]3)cc2C1)c1ccccc1. The van der Waals surface area contributed by atoms with Gasteiger partial charge in [0.05, 0.1) is 17.1 Å². The van der Waals surface area contributed by atoms with Crippen molar-refractivity contribution in [3.8, 4) is 11.8 Å². The summed E-state index contributed by atoms with van der Waals surface area (Å²) in [5.74, 6) is 1.31. The second kappa shape index (κ2) is 8.75. The van der Waals surface area contributed by atoms with Crippen LogP contribution in [-0.4, -0.2) is 20.7 Å². The minimum atomic E-state index is -0.256. The van der Waals surface area contributed by atoms with Crippen LogP contribution in [0.1, 0.15) is 40.7 Å². The highest BCUT2D eigenvalue weighted by Crippen LogP contribution is 2.32. The van der Waals surface area contributed by atoms with Gasteiger partial charge in [0.15, 0.2) is 5.78 Å². The van der Waals surface area contributed by atoms with Gasteiger partial charge >= 0.3 is 6.01 Å². The molecule has 5 rings (SSSR count). The second-order valence-electron chi connectivity index (χ2n) is 8.23. The third kappa shape index (κ3) is 4.30. The largest absolute Gasteiger partial charge is 0.426 e. The van der Waals surface area contributed by atoms with Crippen LogP contribution in [-0.2, 0) is 12.8 Å². The van der Waals surface area contributed by atoms with Gasteiger partial charge in [-0.05, 0) is 60.9 Å². The molecular weight excluding hydrogens is 402 g/mol. The fourth-order valence-electron chi connectivity index (χ4n) is 4.35. The first-order chi connectivity index (χ1) is 15.7. The Morgan fingerprint density at radius 3 is 2.84 bits per heavy atom. The zero-order chi connectivity index (χ0) is 21.9. The molecule has 0 bridgehead atoms. The van der Waals surface area contributed by atoms with Gasteiger partial charge in [-0.2, -0.15) is 4.98 Å². The molecule has 0 fully saturated rings. The van der Waals surface area contributed by atoms with Crippen LogP contribution in [0.15, 0.2) is 71.8 Å². The highest BCUT2D eigenvalue weighted by atomic mass is 16.5. The van der Waals surface area contributed by atoms with Crippen molar-refractivity contribution in [2.24, 2.45) is 5.92 Å². The molecule has 2 aromatic carbocycles. The van der Waals surface area contributed by atoms with Crippen molar-refractivity contribution >= 4 is 16.7 Å². The molecule has 6 heteroatoms. The minimum absolute atomic E-state index is 0.149. The Hall–Kier alpha value is -3.80. The first-order valence-electron chi connectivity index (χ1n) is 10.9. The number of aromatic nitrogens is 3. The molecule has 160 valence electrons. The average Bonchev–Trinajstić information content (AvgIpc) is 2.83. The Morgan fingerprint density at radius 1 is 1.09 bits per heavy atom. The number of hydrogen-bond donors (Lipinski definition) is 1. The molecule has 0 spiro atoms. The lowest BCUT2D eigenvalue weighted by molar-refractivity contribution is 0.0972. The average molecular weight is 425 g/mol. The third-order valence-corrected chi connectivity index (χ3v) is 6.09. The van der Waals surface area contributed by atoms with E-state index in [0.29, 0.717) is 29.0 Å². The van der Waals surface area contributed by atoms with Gasteiger partial charge in [0.25, 0.3) is 5.56 Å². The molecule has 0 aliphatic heterocycles. The molecule has 1 aliphatic rings. The fourth-order valence-corrected chi connectivity index (χ4v) is 4.35. The van der Waals surface area contributed by atoms with Crippen molar-refractivity contribution in [3.63, 3.8) is 0 Å². The summed E-state index contributed by atoms with van der Waals surface area (Å²) in [6.07, 6.45) is 7.55. The summed E-state index contributed by atoms with van der Waals surface area (Å²) in [6.45, 7) is 0. The number of rotatable bonds is 6. The van der Waals surface area contributed by atoms with E-state index in [-0.39, 0.29) is 17.4 Å². The number of benzene rings is 2. The van der Waals surface area contributed by atoms with Crippen molar-refractivity contribution in [2.75, 3.05) is 0 Å². The van der Waals surface area contributed by atoms with Crippen LogP contribution in [0.5, 0.6) is 11.8 Å². The van der Waals surface area contributed by atoms with Gasteiger partial charge in [-0.15, -0.1) is 0 Å². The molecule has 2 aromatic heterocycles. The zero-order valence-electron chi connectivity index (χ0n) is 17.6. The molecule has 4 aromatic rings. The number of hydrogen-bond acceptors (Lipinski definition) is 5. The summed E-state index contributed by atoms with van der Waals surface area (Å²) in [4.78, 5) is 35.8. The Bertz CT molecular complexity index is 1330. The van der Waals surface area contributed by atoms with Gasteiger partial charge in [0.1, 0.15) is 5.75 Å². The molecular formula is C26H23N3O3. The van der Waals surface area contributed by atoms with E-state index < -0.39 is 0 Å². The van der Waals surface area contributed by atoms with E-state index in [4.69, 9.17) is 4.74 Å². The maximum atomic E-state index is 12.5. The lowest BCUT2D eigenvalue weighted by Gasteiger charge is -2.25. The van der Waals surface area contributed by atoms with Gasteiger partial charge in [-0.1, -0.05) is 36.4 Å². The van der Waals surface area contributed by atoms with Gasteiger partial charge in [-0.25, -0.2) is 0 Å². The fraction of sp³-hybridized carbons (Fsp3) is 0.231. The van der Waals surface area contributed by atoms with E-state index >= 15 is 0 Å². The predicted octanol–water partition coefficient (Wildman–Crippen LogP) is 4.88. The highest BCUT2D eigenvalue weighted by Gasteiger charge is 2.20. The number of ketones is 1. The molecule has 1 N–H and O–H groups in total. The second-order valence-corrected chi connectivity index (χ2v) is 8.23. The van der Waals surface area contributed by atoms with E-state index in [2.05, 4.69) is 21.0 Å². The monoisotopic (exact) mass is 425 g/mol. The van der Waals surface area contributed by atoms with Crippen molar-refractivity contribution in [2.45, 2.75) is 32.1 Å². The summed E-state index contributed by atoms with van der Waals surface area (Å²) < 4.78 is 5.88. The molecule has 1 aliphatic carbocycles. The van der Waals surface area contributed by atoms with E-state index in [1.165, 1.54) is 11.1 Å². The summed E-state index contributed by atoms with van der Waals surface area (Å²) in [7, 11) is 0. The zero-order valence-corrected chi connectivity index (χ0v) is 17.6. The van der Waals surface area contributed by atoms with Crippen LogP contribution in [0.3, 0.4) is 0 Å². The van der Waals surface area contributed by atoms with Gasteiger partial charge in [0, 0.05) is 18.2 Å². The number of carbonyl (C=O) groups is 1. The summed E-state index contributed by atoms with van der Waals surface area (Å²) in [6, 6.07) is 17.3. The standard InChI is InChI=1S/C26H23N3O3/c30-24(19-4-2-1-3-5-19)11-7-17-6-8-18-9-10-21(15-20(18)14-17)32-26-28-23-16-27-13-12-22(23)25(31)29-26/h1-5,9-10,12-13,15-17H,6-8,11,14H2,(H,28,29,31). The number of Topliss-reactive ketones (excluding diaryl/α,β-unsaturated/α-hetero) is 1. The Kier molecular flexibility index (Phi) is 5.50. The first-order valence-corrected chi connectivity index (χ1v) is 10.9. The van der Waals surface area contributed by atoms with Crippen LogP contribution in [0, 0.1) is 5.92 Å². The number of aryl methyl sites for hydroxylation is 1. The minimum Gasteiger partial charge on any atom is -0.426 e. The maximum absolute atomic E-state index is 12.5. The molecule has 0 saturated carbocycles. The molecule has 1 atom stereocenters. The number of aromatic amines is 1. The summed E-state index contributed by atoms with van der Waals surface area (Å²) in [5.41, 5.74) is 3.57. The maximum Gasteiger partial charge on any atom is 0.302 e. The van der Waals surface area contributed by atoms with Crippen molar-refractivity contribution in [1.82, 2.24) is 15.0 Å². The Morgan fingerprint density at radius 2 is 1.97 bits per heavy atom. The predicted molar refractivity (Wildman–Crippen MR) is 122 cm³/mol. The van der Waals surface area contributed by atoms with Crippen LogP contribution in [0.4, 0.5) is 0 Å². The van der Waals surface area contributed by atoms with Crippen molar-refractivity contribution in [3.05, 3.63) is 94.0 Å². The van der Waals surface area contributed by atoms with Crippen molar-refractivity contribution in [1.29, 1.82) is 0 Å². The normalized spacial score (nSPS) is 15.3. The lowest BCUT2D eigenvalue weighted by Crippen LogP contribution is -2.16. The number of H-pyrrole nitrogens is 1. The summed E-state index contributed by atoms with van der Waals surface area (Å²) >= 11 is 0. The lowest BCUT2D eigenvalue weighted by atomic mass is 9.81. The third-order valence-electron chi connectivity index (χ3n) is 6.09. The molecule has 6 nitrogen and oxygen atoms in total. The van der Waals surface area contributed by atoms with Crippen molar-refractivity contribution < 1.29 is 9.53 Å². The van der Waals surface area contributed by atoms with E-state index in [9.17, 15) is 9.59 Å². The number of pyridine rings is 1. The van der Waals surface area contributed by atoms with Crippen LogP contribution < -0.4 is 10.3 Å². The molecule has 2 heterocycles. The van der Waals surface area contributed by atoms with Gasteiger partial charge in [-0.3, -0.25) is 19.6 Å². The van der Waals surface area contributed by atoms with Gasteiger partial charge in [0.2, 0.25) is 0 Å². The number of carbonyl (C=O) groups excluding carboxylic acids is 1. The first kappa shape index (κ1) is 20.1. The van der Waals surface area contributed by atoms with Crippen LogP contribution in [0.25, 0.3) is 10.9 Å². The molecule has 1 unspecified atom stereocenters. The number of nitrogens with one attached hydrogen (secondary N) is 1. The molecule has 0 saturated heterocycles. The van der Waals surface area contributed by atoms with E-state index in [1.807, 2.05) is 42.5 Å². The topological polar surface area (TPSA) is 84.9 Å². The van der Waals surface area contributed by atoms with Crippen LogP contribution in [0.2, 0.25) is 0 Å². The highest BCUT2D eigenvalue weighted by molar-refractivity contribution is 5.95. The van der Waals surface area contributed by atoms with Crippen LogP contribution >= 0.6 is 0 Å². The number of ether oxygens (including phenoxy) is 1.